The van der Waals surface area contributed by atoms with E-state index in [4.69, 9.17) is 22.1 Å². The van der Waals surface area contributed by atoms with Crippen molar-refractivity contribution in [2.45, 2.75) is 4.90 Å². The van der Waals surface area contributed by atoms with E-state index in [0.29, 0.717) is 5.69 Å². The van der Waals surface area contributed by atoms with Crippen molar-refractivity contribution in [3.63, 3.8) is 0 Å². The summed E-state index contributed by atoms with van der Waals surface area (Å²) in [6, 6.07) is 5.61. The highest BCUT2D eigenvalue weighted by molar-refractivity contribution is 7.92. The van der Waals surface area contributed by atoms with Crippen LogP contribution in [0.3, 0.4) is 0 Å². The van der Waals surface area contributed by atoms with Gasteiger partial charge in [-0.25, -0.2) is 13.4 Å². The first kappa shape index (κ1) is 14.4. The molecule has 1 aromatic heterocycles. The topological polar surface area (TPSA) is 107 Å². The highest BCUT2D eigenvalue weighted by Gasteiger charge is 2.20. The van der Waals surface area contributed by atoms with Gasteiger partial charge in [-0.3, -0.25) is 4.72 Å². The third-order valence-corrected chi connectivity index (χ3v) is 3.92. The van der Waals surface area contributed by atoms with Crippen molar-refractivity contribution in [2.75, 3.05) is 17.6 Å². The van der Waals surface area contributed by atoms with E-state index in [1.807, 2.05) is 0 Å². The van der Waals surface area contributed by atoms with Crippen LogP contribution in [0.1, 0.15) is 0 Å². The molecule has 1 heterocycles. The number of nitrogens with two attached hydrogens (primary N) is 1. The zero-order chi connectivity index (χ0) is 14.8. The second-order valence-electron chi connectivity index (χ2n) is 3.73. The van der Waals surface area contributed by atoms with Crippen molar-refractivity contribution in [2.24, 2.45) is 0 Å². The molecule has 1 aromatic carbocycles. The number of aromatic nitrogens is 2. The summed E-state index contributed by atoms with van der Waals surface area (Å²) in [4.78, 5) is 7.37. The average Bonchev–Trinajstić information content (AvgIpc) is 2.37. The summed E-state index contributed by atoms with van der Waals surface area (Å²) in [6.07, 6.45) is 1.34. The van der Waals surface area contributed by atoms with E-state index in [0.717, 1.165) is 0 Å². The third-order valence-electron chi connectivity index (χ3n) is 2.34. The van der Waals surface area contributed by atoms with Crippen LogP contribution < -0.4 is 15.2 Å². The number of nitrogens with one attached hydrogen (secondary N) is 1. The fourth-order valence-corrected chi connectivity index (χ4v) is 2.79. The Labute approximate surface area is 120 Å². The predicted molar refractivity (Wildman–Crippen MR) is 75.3 cm³/mol. The Morgan fingerprint density at radius 3 is 2.75 bits per heavy atom. The highest BCUT2D eigenvalue weighted by Crippen LogP contribution is 2.27. The fraction of sp³-hybridized carbons (Fsp3) is 0.0909. The van der Waals surface area contributed by atoms with Gasteiger partial charge in [0.2, 0.25) is 5.28 Å². The fourth-order valence-electron chi connectivity index (χ4n) is 1.49. The van der Waals surface area contributed by atoms with Gasteiger partial charge in [0, 0.05) is 18.0 Å². The van der Waals surface area contributed by atoms with Crippen LogP contribution in [0.4, 0.5) is 11.5 Å². The number of benzene rings is 1. The van der Waals surface area contributed by atoms with Gasteiger partial charge >= 0.3 is 0 Å². The zero-order valence-electron chi connectivity index (χ0n) is 10.4. The Hall–Kier alpha value is -2.06. The lowest BCUT2D eigenvalue weighted by Gasteiger charge is -2.11. The van der Waals surface area contributed by atoms with Crippen LogP contribution in [-0.4, -0.2) is 25.5 Å². The number of rotatable bonds is 4. The van der Waals surface area contributed by atoms with Crippen LogP contribution >= 0.6 is 11.6 Å². The number of halogens is 1. The number of methoxy groups -OCH3 is 1. The quantitative estimate of drug-likeness (QED) is 0.654. The smallest absolute Gasteiger partial charge is 0.266 e. The van der Waals surface area contributed by atoms with E-state index >= 15 is 0 Å². The SMILES string of the molecule is COc1cc(N)ccc1S(=O)(=O)Nc1ccnc(Cl)n1. The van der Waals surface area contributed by atoms with Crippen molar-refractivity contribution >= 4 is 33.1 Å². The molecule has 0 bridgehead atoms. The molecule has 9 heteroatoms. The molecular formula is C11H11ClN4O3S. The normalized spacial score (nSPS) is 11.1. The number of hydrogen-bond donors (Lipinski definition) is 2. The number of ether oxygens (including phenoxy) is 1. The molecule has 106 valence electrons. The van der Waals surface area contributed by atoms with E-state index < -0.39 is 10.0 Å². The largest absolute Gasteiger partial charge is 0.495 e. The Bertz CT molecular complexity index is 736. The first-order valence-corrected chi connectivity index (χ1v) is 7.23. The summed E-state index contributed by atoms with van der Waals surface area (Å²) < 4.78 is 31.8. The summed E-state index contributed by atoms with van der Waals surface area (Å²) in [5.41, 5.74) is 5.98. The molecule has 0 aliphatic carbocycles. The van der Waals surface area contributed by atoms with Crippen LogP contribution in [0.2, 0.25) is 5.28 Å². The van der Waals surface area contributed by atoms with E-state index in [1.54, 1.807) is 0 Å². The molecule has 0 saturated carbocycles. The maximum Gasteiger partial charge on any atom is 0.266 e. The van der Waals surface area contributed by atoms with Gasteiger partial charge in [0.25, 0.3) is 10.0 Å². The molecule has 3 N–H and O–H groups in total. The Morgan fingerprint density at radius 2 is 2.10 bits per heavy atom. The molecule has 0 aliphatic heterocycles. The van der Waals surface area contributed by atoms with Crippen molar-refractivity contribution in [1.82, 2.24) is 9.97 Å². The van der Waals surface area contributed by atoms with E-state index in [2.05, 4.69) is 14.7 Å². The molecule has 0 unspecified atom stereocenters. The van der Waals surface area contributed by atoms with Crippen LogP contribution in [0.15, 0.2) is 35.4 Å². The molecule has 0 atom stereocenters. The van der Waals surface area contributed by atoms with E-state index in [1.165, 1.54) is 37.6 Å². The lowest BCUT2D eigenvalue weighted by molar-refractivity contribution is 0.403. The number of nitrogens with zero attached hydrogens (tertiary/aromatic N) is 2. The molecule has 0 aliphatic rings. The van der Waals surface area contributed by atoms with Gasteiger partial charge in [0.15, 0.2) is 0 Å². The first-order chi connectivity index (χ1) is 9.42. The van der Waals surface area contributed by atoms with E-state index in [-0.39, 0.29) is 21.7 Å². The molecule has 2 aromatic rings. The van der Waals surface area contributed by atoms with Crippen molar-refractivity contribution < 1.29 is 13.2 Å². The summed E-state index contributed by atoms with van der Waals surface area (Å²) in [6.45, 7) is 0. The van der Waals surface area contributed by atoms with E-state index in [9.17, 15) is 8.42 Å². The van der Waals surface area contributed by atoms with Gasteiger partial charge in [-0.2, -0.15) is 4.98 Å². The standard InChI is InChI=1S/C11H11ClN4O3S/c1-19-8-6-7(13)2-3-9(8)20(17,18)16-10-4-5-14-11(12)15-10/h2-6H,13H2,1H3,(H,14,15,16). The molecule has 2 rings (SSSR count). The van der Waals surface area contributed by atoms with Gasteiger partial charge in [-0.05, 0) is 29.8 Å². The summed E-state index contributed by atoms with van der Waals surface area (Å²) >= 11 is 5.60. The second-order valence-corrected chi connectivity index (χ2v) is 5.72. The Balaban J connectivity index is 2.40. The summed E-state index contributed by atoms with van der Waals surface area (Å²) in [5.74, 6) is 0.196. The van der Waals surface area contributed by atoms with Crippen LogP contribution in [0.25, 0.3) is 0 Å². The molecule has 0 radical (unpaired) electrons. The minimum absolute atomic E-state index is 0.0519. The van der Waals surface area contributed by atoms with Crippen LogP contribution in [0, 0.1) is 0 Å². The molecule has 20 heavy (non-hydrogen) atoms. The molecule has 0 amide bonds. The zero-order valence-corrected chi connectivity index (χ0v) is 11.9. The van der Waals surface area contributed by atoms with Gasteiger partial charge < -0.3 is 10.5 Å². The maximum absolute atomic E-state index is 12.3. The number of sulfonamides is 1. The monoisotopic (exact) mass is 314 g/mol. The molecule has 0 saturated heterocycles. The number of anilines is 2. The van der Waals surface area contributed by atoms with Gasteiger partial charge in [0.05, 0.1) is 7.11 Å². The Morgan fingerprint density at radius 1 is 1.35 bits per heavy atom. The number of nitrogen functional groups attached to an aromatic ring is 1. The summed E-state index contributed by atoms with van der Waals surface area (Å²) in [7, 11) is -2.51. The lowest BCUT2D eigenvalue weighted by Crippen LogP contribution is -2.15. The predicted octanol–water partition coefficient (Wildman–Crippen LogP) is 1.52. The minimum atomic E-state index is -3.87. The average molecular weight is 315 g/mol. The van der Waals surface area contributed by atoms with Crippen molar-refractivity contribution in [1.29, 1.82) is 0 Å². The van der Waals surface area contributed by atoms with Gasteiger partial charge in [-0.15, -0.1) is 0 Å². The highest BCUT2D eigenvalue weighted by atomic mass is 35.5. The maximum atomic E-state index is 12.3. The Kier molecular flexibility index (Phi) is 3.96. The second kappa shape index (κ2) is 5.51. The third kappa shape index (κ3) is 3.09. The van der Waals surface area contributed by atoms with Crippen LogP contribution in [0.5, 0.6) is 5.75 Å². The first-order valence-electron chi connectivity index (χ1n) is 5.37. The van der Waals surface area contributed by atoms with Crippen molar-refractivity contribution in [3.05, 3.63) is 35.7 Å². The van der Waals surface area contributed by atoms with Crippen LogP contribution in [-0.2, 0) is 10.0 Å². The molecular weight excluding hydrogens is 304 g/mol. The molecule has 0 spiro atoms. The number of hydrogen-bond acceptors (Lipinski definition) is 6. The summed E-state index contributed by atoms with van der Waals surface area (Å²) in [5, 5.41) is -0.0607. The minimum Gasteiger partial charge on any atom is -0.495 e. The molecule has 7 nitrogen and oxygen atoms in total. The van der Waals surface area contributed by atoms with Gasteiger partial charge in [0.1, 0.15) is 16.5 Å². The van der Waals surface area contributed by atoms with Gasteiger partial charge in [-0.1, -0.05) is 0 Å². The lowest BCUT2D eigenvalue weighted by atomic mass is 10.3. The molecule has 0 fully saturated rings. The van der Waals surface area contributed by atoms with Crippen molar-refractivity contribution in [3.8, 4) is 5.75 Å².